The number of phenolic OH excluding ortho intramolecular Hbond substituents is 1. The molecular weight excluding hydrogens is 488 g/mol. The summed E-state index contributed by atoms with van der Waals surface area (Å²) in [6, 6.07) is 8.84. The lowest BCUT2D eigenvalue weighted by molar-refractivity contribution is -0.274. The largest absolute Gasteiger partial charge is 0.573 e. The van der Waals surface area contributed by atoms with Crippen molar-refractivity contribution in [3.63, 3.8) is 0 Å². The van der Waals surface area contributed by atoms with E-state index in [-0.39, 0.29) is 36.4 Å². The Morgan fingerprint density at radius 1 is 1.14 bits per heavy atom. The Balaban J connectivity index is 1.80. The van der Waals surface area contributed by atoms with Gasteiger partial charge in [-0.2, -0.15) is 4.76 Å². The minimum atomic E-state index is -4.81. The van der Waals surface area contributed by atoms with E-state index in [4.69, 9.17) is 13.8 Å². The van der Waals surface area contributed by atoms with E-state index in [0.717, 1.165) is 24.0 Å². The predicted molar refractivity (Wildman–Crippen MR) is 122 cm³/mol. The molecule has 190 valence electrons. The van der Waals surface area contributed by atoms with Crippen LogP contribution in [0, 0.1) is 5.92 Å². The van der Waals surface area contributed by atoms with Gasteiger partial charge in [0.05, 0.1) is 13.2 Å². The highest BCUT2D eigenvalue weighted by Gasteiger charge is 2.43. The third-order valence-corrected chi connectivity index (χ3v) is 7.43. The van der Waals surface area contributed by atoms with Gasteiger partial charge in [0.1, 0.15) is 11.6 Å². The molecule has 0 spiro atoms. The number of fused-ring (bicyclic) bond motifs is 1. The summed E-state index contributed by atoms with van der Waals surface area (Å²) >= 11 is 0. The summed E-state index contributed by atoms with van der Waals surface area (Å²) < 4.78 is 75.0. The molecule has 1 heterocycles. The van der Waals surface area contributed by atoms with Crippen LogP contribution in [0.1, 0.15) is 35.6 Å². The van der Waals surface area contributed by atoms with E-state index in [9.17, 15) is 22.8 Å². The molecule has 2 aromatic rings. The van der Waals surface area contributed by atoms with Gasteiger partial charge < -0.3 is 19.5 Å². The summed E-state index contributed by atoms with van der Waals surface area (Å²) in [6.07, 6.45) is -2.75. The first-order chi connectivity index (χ1) is 16.6. The molecular formula is C23H26F3N2O6P. The molecule has 0 saturated heterocycles. The molecule has 8 nitrogen and oxygen atoms in total. The fourth-order valence-electron chi connectivity index (χ4n) is 4.36. The minimum absolute atomic E-state index is 0.0349. The fourth-order valence-corrected chi connectivity index (χ4v) is 5.14. The fraction of sp³-hybridized carbons (Fsp3) is 0.435. The Bertz CT molecular complexity index is 1160. The zero-order valence-corrected chi connectivity index (χ0v) is 20.3. The number of rotatable bonds is 8. The molecule has 12 heteroatoms. The number of ether oxygens (including phenoxy) is 2. The summed E-state index contributed by atoms with van der Waals surface area (Å²) in [4.78, 5) is 1.91. The summed E-state index contributed by atoms with van der Waals surface area (Å²) in [5, 5.41) is 10.4. The lowest BCUT2D eigenvalue weighted by Gasteiger charge is -2.40. The van der Waals surface area contributed by atoms with Gasteiger partial charge in [0.15, 0.2) is 11.5 Å². The van der Waals surface area contributed by atoms with Gasteiger partial charge in [-0.05, 0) is 59.7 Å². The van der Waals surface area contributed by atoms with Crippen molar-refractivity contribution in [2.75, 3.05) is 21.3 Å². The van der Waals surface area contributed by atoms with Crippen LogP contribution in [-0.2, 0) is 26.6 Å². The molecule has 2 aromatic carbocycles. The molecule has 1 aliphatic heterocycles. The van der Waals surface area contributed by atoms with Crippen molar-refractivity contribution in [3.8, 4) is 17.2 Å². The molecule has 1 unspecified atom stereocenters. The SMILES string of the molecule is COc1cc2c(cc1O)C/C(=N/P(=O)(OC)OC)N(Cc1cccc(OC(F)(F)F)c1)C2C1CC1. The molecule has 35 heavy (non-hydrogen) atoms. The van der Waals surface area contributed by atoms with Crippen LogP contribution in [-0.4, -0.2) is 43.5 Å². The first kappa shape index (κ1) is 25.3. The highest BCUT2D eigenvalue weighted by Crippen LogP contribution is 2.53. The van der Waals surface area contributed by atoms with E-state index in [1.54, 1.807) is 18.2 Å². The summed E-state index contributed by atoms with van der Waals surface area (Å²) in [6.45, 7) is 0.172. The van der Waals surface area contributed by atoms with Gasteiger partial charge in [-0.1, -0.05) is 12.1 Å². The molecule has 0 radical (unpaired) electrons. The van der Waals surface area contributed by atoms with Crippen molar-refractivity contribution in [2.45, 2.75) is 38.2 Å². The van der Waals surface area contributed by atoms with Gasteiger partial charge in [0, 0.05) is 27.2 Å². The standard InChI is InChI=1S/C23H26F3N2O6P/c1-31-20-12-18-16(10-19(20)29)11-21(27-35(30,32-2)33-3)28(22(18)15-7-8-15)13-14-5-4-6-17(9-14)34-23(24,25)26/h4-6,9-10,12,15,22,29H,7-8,11,13H2,1-3H3/b27-21-. The van der Waals surface area contributed by atoms with E-state index in [1.165, 1.54) is 39.5 Å². The Morgan fingerprint density at radius 2 is 1.86 bits per heavy atom. The molecule has 1 atom stereocenters. The van der Waals surface area contributed by atoms with Crippen molar-refractivity contribution in [3.05, 3.63) is 53.1 Å². The van der Waals surface area contributed by atoms with Gasteiger partial charge in [-0.15, -0.1) is 13.2 Å². The first-order valence-electron chi connectivity index (χ1n) is 10.9. The quantitative estimate of drug-likeness (QED) is 0.458. The van der Waals surface area contributed by atoms with Crippen molar-refractivity contribution in [1.29, 1.82) is 0 Å². The van der Waals surface area contributed by atoms with E-state index in [1.807, 2.05) is 4.90 Å². The van der Waals surface area contributed by atoms with Crippen LogP contribution in [0.25, 0.3) is 0 Å². The van der Waals surface area contributed by atoms with Crippen molar-refractivity contribution >= 4 is 13.6 Å². The maximum absolute atomic E-state index is 12.9. The summed E-state index contributed by atoms with van der Waals surface area (Å²) in [5.74, 6) is 0.558. The lowest BCUT2D eigenvalue weighted by Crippen LogP contribution is -2.41. The van der Waals surface area contributed by atoms with Crippen molar-refractivity contribution < 1.29 is 41.4 Å². The zero-order chi connectivity index (χ0) is 25.4. The number of halogens is 3. The first-order valence-corrected chi connectivity index (χ1v) is 12.4. The van der Waals surface area contributed by atoms with Gasteiger partial charge >= 0.3 is 14.1 Å². The third-order valence-electron chi connectivity index (χ3n) is 6.03. The van der Waals surface area contributed by atoms with E-state index in [0.29, 0.717) is 17.1 Å². The Labute approximate surface area is 200 Å². The minimum Gasteiger partial charge on any atom is -0.504 e. The maximum Gasteiger partial charge on any atom is 0.573 e. The van der Waals surface area contributed by atoms with Crippen molar-refractivity contribution in [2.24, 2.45) is 10.7 Å². The number of alkyl halides is 3. The molecule has 0 bridgehead atoms. The molecule has 1 fully saturated rings. The zero-order valence-electron chi connectivity index (χ0n) is 19.4. The van der Waals surface area contributed by atoms with Crippen molar-refractivity contribution in [1.82, 2.24) is 4.90 Å². The molecule has 0 amide bonds. The predicted octanol–water partition coefficient (Wildman–Crippen LogP) is 5.61. The average molecular weight is 514 g/mol. The van der Waals surface area contributed by atoms with Crippen LogP contribution in [0.2, 0.25) is 0 Å². The van der Waals surface area contributed by atoms with Crippen LogP contribution in [0.3, 0.4) is 0 Å². The second-order valence-electron chi connectivity index (χ2n) is 8.35. The second kappa shape index (κ2) is 9.72. The number of methoxy groups -OCH3 is 1. The Kier molecular flexibility index (Phi) is 7.04. The number of hydrogen-bond donors (Lipinski definition) is 1. The maximum atomic E-state index is 12.9. The highest BCUT2D eigenvalue weighted by atomic mass is 31.2. The topological polar surface area (TPSA) is 89.8 Å². The number of hydrogen-bond acceptors (Lipinski definition) is 6. The van der Waals surface area contributed by atoms with Gasteiger partial charge in [0.25, 0.3) is 0 Å². The van der Waals surface area contributed by atoms with E-state index in [2.05, 4.69) is 9.50 Å². The van der Waals surface area contributed by atoms with Gasteiger partial charge in [-0.25, -0.2) is 4.57 Å². The van der Waals surface area contributed by atoms with Crippen LogP contribution < -0.4 is 9.47 Å². The molecule has 1 aliphatic carbocycles. The van der Waals surface area contributed by atoms with E-state index >= 15 is 0 Å². The number of aromatic hydroxyl groups is 1. The molecule has 1 N–H and O–H groups in total. The van der Waals surface area contributed by atoms with Crippen LogP contribution >= 0.6 is 7.75 Å². The smallest absolute Gasteiger partial charge is 0.504 e. The second-order valence-corrected chi connectivity index (χ2v) is 10.2. The van der Waals surface area contributed by atoms with Crippen LogP contribution in [0.15, 0.2) is 41.2 Å². The molecule has 0 aromatic heterocycles. The number of nitrogens with zero attached hydrogens (tertiary/aromatic N) is 2. The lowest BCUT2D eigenvalue weighted by atomic mass is 9.88. The van der Waals surface area contributed by atoms with E-state index < -0.39 is 14.1 Å². The Morgan fingerprint density at radius 3 is 2.46 bits per heavy atom. The van der Waals surface area contributed by atoms with Gasteiger partial charge in [-0.3, -0.25) is 9.05 Å². The highest BCUT2D eigenvalue weighted by molar-refractivity contribution is 7.52. The Hall–Kier alpha value is -2.75. The number of amidine groups is 1. The van der Waals surface area contributed by atoms with Crippen LogP contribution in [0.4, 0.5) is 13.2 Å². The molecule has 4 rings (SSSR count). The monoisotopic (exact) mass is 514 g/mol. The molecule has 1 saturated carbocycles. The normalized spacial score (nSPS) is 19.5. The third kappa shape index (κ3) is 5.74. The summed E-state index contributed by atoms with van der Waals surface area (Å²) in [5.41, 5.74) is 2.24. The van der Waals surface area contributed by atoms with Gasteiger partial charge in [0.2, 0.25) is 0 Å². The molecule has 2 aliphatic rings. The number of phenols is 1. The average Bonchev–Trinajstić information content (AvgIpc) is 3.63. The summed E-state index contributed by atoms with van der Waals surface area (Å²) in [7, 11) is 0.0894. The number of benzene rings is 2. The van der Waals surface area contributed by atoms with Crippen LogP contribution in [0.5, 0.6) is 17.2 Å².